The summed E-state index contributed by atoms with van der Waals surface area (Å²) in [6.07, 6.45) is 5.48. The molecule has 1 fully saturated rings. The zero-order valence-corrected chi connectivity index (χ0v) is 10.9. The first-order valence-electron chi connectivity index (χ1n) is 6.02. The average molecular weight is 247 g/mol. The van der Waals surface area contributed by atoms with Gasteiger partial charge in [-0.3, -0.25) is 0 Å². The largest absolute Gasteiger partial charge is 0.495 e. The molecule has 90 valence electrons. The van der Waals surface area contributed by atoms with Crippen LogP contribution in [0.5, 0.6) is 5.75 Å². The minimum Gasteiger partial charge on any atom is -0.495 e. The van der Waals surface area contributed by atoms with Crippen molar-refractivity contribution in [3.8, 4) is 11.8 Å². The molecule has 1 aromatic rings. The van der Waals surface area contributed by atoms with Crippen molar-refractivity contribution in [3.05, 3.63) is 29.3 Å². The topological polar surface area (TPSA) is 33.0 Å². The highest BCUT2D eigenvalue weighted by molar-refractivity contribution is 7.99. The molecule has 0 aromatic heterocycles. The van der Waals surface area contributed by atoms with Gasteiger partial charge < -0.3 is 4.74 Å². The summed E-state index contributed by atoms with van der Waals surface area (Å²) in [5.74, 6) is 1.71. The predicted molar refractivity (Wildman–Crippen MR) is 71.3 cm³/mol. The molecule has 1 aliphatic rings. The van der Waals surface area contributed by atoms with Crippen LogP contribution >= 0.6 is 11.8 Å². The van der Waals surface area contributed by atoms with Crippen molar-refractivity contribution in [1.29, 1.82) is 5.26 Å². The lowest BCUT2D eigenvalue weighted by Crippen LogP contribution is -1.96. The molecule has 2 rings (SSSR count). The molecule has 0 heterocycles. The molecule has 2 nitrogen and oxygen atoms in total. The predicted octanol–water partition coefficient (Wildman–Crippen LogP) is 3.74. The fourth-order valence-corrected chi connectivity index (χ4v) is 3.46. The highest BCUT2D eigenvalue weighted by Gasteiger charge is 2.15. The van der Waals surface area contributed by atoms with Crippen LogP contribution in [0.3, 0.4) is 0 Å². The number of nitrogens with zero attached hydrogens (tertiary/aromatic N) is 1. The SMILES string of the molecule is COc1cc(CSC2CCCC2)ccc1C#N. The van der Waals surface area contributed by atoms with Crippen molar-refractivity contribution in [1.82, 2.24) is 0 Å². The van der Waals surface area contributed by atoms with E-state index in [4.69, 9.17) is 10.00 Å². The van der Waals surface area contributed by atoms with Gasteiger partial charge in [-0.15, -0.1) is 0 Å². The zero-order chi connectivity index (χ0) is 12.1. The van der Waals surface area contributed by atoms with Gasteiger partial charge in [-0.1, -0.05) is 18.9 Å². The summed E-state index contributed by atoms with van der Waals surface area (Å²) >= 11 is 2.03. The van der Waals surface area contributed by atoms with Crippen LogP contribution in [0, 0.1) is 11.3 Å². The number of methoxy groups -OCH3 is 1. The summed E-state index contributed by atoms with van der Waals surface area (Å²) in [6.45, 7) is 0. The van der Waals surface area contributed by atoms with Crippen molar-refractivity contribution in [2.24, 2.45) is 0 Å². The first-order chi connectivity index (χ1) is 8.33. The summed E-state index contributed by atoms with van der Waals surface area (Å²) in [6, 6.07) is 8.01. The lowest BCUT2D eigenvalue weighted by Gasteiger charge is -2.10. The Labute approximate surface area is 107 Å². The van der Waals surface area contributed by atoms with Gasteiger partial charge in [0.15, 0.2) is 0 Å². The van der Waals surface area contributed by atoms with Gasteiger partial charge in [-0.2, -0.15) is 17.0 Å². The third-order valence-electron chi connectivity index (χ3n) is 3.17. The van der Waals surface area contributed by atoms with E-state index < -0.39 is 0 Å². The molecule has 17 heavy (non-hydrogen) atoms. The first-order valence-corrected chi connectivity index (χ1v) is 7.07. The summed E-state index contributed by atoms with van der Waals surface area (Å²) in [5, 5.41) is 9.74. The summed E-state index contributed by atoms with van der Waals surface area (Å²) in [5.41, 5.74) is 1.86. The Balaban J connectivity index is 1.98. The fourth-order valence-electron chi connectivity index (χ4n) is 2.19. The molecule has 0 radical (unpaired) electrons. The molecule has 0 aliphatic heterocycles. The standard InChI is InChI=1S/C14H17NOS/c1-16-14-8-11(6-7-12(14)9-15)10-17-13-4-2-3-5-13/h6-8,13H,2-5,10H2,1H3. The second kappa shape index (κ2) is 5.97. The molecule has 0 N–H and O–H groups in total. The Morgan fingerprint density at radius 2 is 2.18 bits per heavy atom. The van der Waals surface area contributed by atoms with E-state index in [0.29, 0.717) is 11.3 Å². The number of thioether (sulfide) groups is 1. The van der Waals surface area contributed by atoms with Crippen molar-refractivity contribution in [3.63, 3.8) is 0 Å². The van der Waals surface area contributed by atoms with Crippen LogP contribution < -0.4 is 4.74 Å². The van der Waals surface area contributed by atoms with E-state index in [1.54, 1.807) is 7.11 Å². The van der Waals surface area contributed by atoms with Gasteiger partial charge in [-0.05, 0) is 30.5 Å². The lowest BCUT2D eigenvalue weighted by atomic mass is 10.1. The zero-order valence-electron chi connectivity index (χ0n) is 10.1. The summed E-state index contributed by atoms with van der Waals surface area (Å²) in [4.78, 5) is 0. The fraction of sp³-hybridized carbons (Fsp3) is 0.500. The number of nitriles is 1. The smallest absolute Gasteiger partial charge is 0.136 e. The van der Waals surface area contributed by atoms with E-state index in [0.717, 1.165) is 11.0 Å². The van der Waals surface area contributed by atoms with Gasteiger partial charge in [0.25, 0.3) is 0 Å². The maximum absolute atomic E-state index is 8.91. The van der Waals surface area contributed by atoms with Crippen molar-refractivity contribution >= 4 is 11.8 Å². The van der Waals surface area contributed by atoms with Gasteiger partial charge >= 0.3 is 0 Å². The maximum atomic E-state index is 8.91. The molecule has 1 aromatic carbocycles. The Hall–Kier alpha value is -1.14. The van der Waals surface area contributed by atoms with E-state index in [1.807, 2.05) is 30.0 Å². The van der Waals surface area contributed by atoms with E-state index in [1.165, 1.54) is 31.2 Å². The lowest BCUT2D eigenvalue weighted by molar-refractivity contribution is 0.413. The molecule has 0 saturated heterocycles. The van der Waals surface area contributed by atoms with Crippen molar-refractivity contribution in [2.45, 2.75) is 36.7 Å². The second-order valence-corrected chi connectivity index (χ2v) is 5.65. The van der Waals surface area contributed by atoms with Gasteiger partial charge in [-0.25, -0.2) is 0 Å². The molecule has 1 aliphatic carbocycles. The Kier molecular flexibility index (Phi) is 4.33. The highest BCUT2D eigenvalue weighted by Crippen LogP contribution is 2.32. The van der Waals surface area contributed by atoms with E-state index in [2.05, 4.69) is 6.07 Å². The average Bonchev–Trinajstić information content (AvgIpc) is 2.89. The third-order valence-corrected chi connectivity index (χ3v) is 4.62. The van der Waals surface area contributed by atoms with Crippen LogP contribution in [-0.2, 0) is 5.75 Å². The molecule has 0 atom stereocenters. The highest BCUT2D eigenvalue weighted by atomic mass is 32.2. The van der Waals surface area contributed by atoms with Crippen molar-refractivity contribution < 1.29 is 4.74 Å². The number of benzene rings is 1. The molecule has 3 heteroatoms. The first kappa shape index (κ1) is 12.3. The molecular formula is C14H17NOS. The number of ether oxygens (including phenoxy) is 1. The molecule has 0 bridgehead atoms. The van der Waals surface area contributed by atoms with Crippen LogP contribution in [0.1, 0.15) is 36.8 Å². The molecule has 0 spiro atoms. The Morgan fingerprint density at radius 1 is 1.41 bits per heavy atom. The van der Waals surface area contributed by atoms with Crippen LogP contribution in [0.15, 0.2) is 18.2 Å². The molecule has 0 amide bonds. The van der Waals surface area contributed by atoms with Crippen molar-refractivity contribution in [2.75, 3.05) is 7.11 Å². The molecule has 1 saturated carbocycles. The van der Waals surface area contributed by atoms with E-state index in [9.17, 15) is 0 Å². The van der Waals surface area contributed by atoms with Crippen LogP contribution in [0.2, 0.25) is 0 Å². The second-order valence-electron chi connectivity index (χ2n) is 4.36. The normalized spacial score (nSPS) is 15.8. The van der Waals surface area contributed by atoms with Gasteiger partial charge in [0.05, 0.1) is 12.7 Å². The van der Waals surface area contributed by atoms with Gasteiger partial charge in [0.1, 0.15) is 11.8 Å². The van der Waals surface area contributed by atoms with Gasteiger partial charge in [0.2, 0.25) is 0 Å². The van der Waals surface area contributed by atoms with Gasteiger partial charge in [0, 0.05) is 11.0 Å². The Morgan fingerprint density at radius 3 is 2.82 bits per heavy atom. The molecule has 0 unspecified atom stereocenters. The Bertz CT molecular complexity index is 419. The third kappa shape index (κ3) is 3.17. The van der Waals surface area contributed by atoms with E-state index in [-0.39, 0.29) is 0 Å². The summed E-state index contributed by atoms with van der Waals surface area (Å²) < 4.78 is 5.22. The molecular weight excluding hydrogens is 230 g/mol. The number of hydrogen-bond donors (Lipinski definition) is 0. The number of hydrogen-bond acceptors (Lipinski definition) is 3. The van der Waals surface area contributed by atoms with Crippen LogP contribution in [-0.4, -0.2) is 12.4 Å². The van der Waals surface area contributed by atoms with Crippen LogP contribution in [0.25, 0.3) is 0 Å². The quantitative estimate of drug-likeness (QED) is 0.812. The monoisotopic (exact) mass is 247 g/mol. The van der Waals surface area contributed by atoms with E-state index >= 15 is 0 Å². The maximum Gasteiger partial charge on any atom is 0.136 e. The van der Waals surface area contributed by atoms with Crippen LogP contribution in [0.4, 0.5) is 0 Å². The summed E-state index contributed by atoms with van der Waals surface area (Å²) in [7, 11) is 1.62. The minimum absolute atomic E-state index is 0.613. The number of rotatable bonds is 4. The minimum atomic E-state index is 0.613.